The van der Waals surface area contributed by atoms with E-state index in [-0.39, 0.29) is 42.0 Å². The lowest BCUT2D eigenvalue weighted by Crippen LogP contribution is -2.41. The number of hydrogen-bond acceptors (Lipinski definition) is 9. The number of carbonyl (C=O) groups is 1. The van der Waals surface area contributed by atoms with Gasteiger partial charge in [-0.1, -0.05) is 117 Å². The van der Waals surface area contributed by atoms with Crippen LogP contribution in [0.5, 0.6) is 5.75 Å². The van der Waals surface area contributed by atoms with Crippen molar-refractivity contribution in [3.05, 3.63) is 155 Å². The third kappa shape index (κ3) is 7.02. The van der Waals surface area contributed by atoms with Crippen molar-refractivity contribution < 1.29 is 36.9 Å². The molecular weight excluding hydrogens is 769 g/mol. The Kier molecular flexibility index (Phi) is 10.8. The topological polar surface area (TPSA) is 104 Å². The molecule has 58 heavy (non-hydrogen) atoms. The summed E-state index contributed by atoms with van der Waals surface area (Å²) in [6, 6.07) is 38.8. The van der Waals surface area contributed by atoms with E-state index in [1.165, 1.54) is 18.5 Å². The highest BCUT2D eigenvalue weighted by atomic mass is 32.2. The van der Waals surface area contributed by atoms with E-state index in [9.17, 15) is 4.79 Å². The van der Waals surface area contributed by atoms with Crippen LogP contribution in [0.1, 0.15) is 32.6 Å². The molecule has 0 aromatic heterocycles. The molecule has 0 bridgehead atoms. The van der Waals surface area contributed by atoms with Crippen molar-refractivity contribution in [1.82, 2.24) is 4.90 Å². The number of hydrogen-bond donors (Lipinski definition) is 0. The van der Waals surface area contributed by atoms with Gasteiger partial charge in [0.05, 0.1) is 47.4 Å². The van der Waals surface area contributed by atoms with E-state index in [4.69, 9.17) is 23.7 Å². The Labute approximate surface area is 341 Å². The van der Waals surface area contributed by atoms with Crippen molar-refractivity contribution in [1.29, 1.82) is 0 Å². The van der Waals surface area contributed by atoms with Gasteiger partial charge in [0.25, 0.3) is 10.0 Å². The van der Waals surface area contributed by atoms with Crippen LogP contribution < -0.4 is 9.04 Å². The van der Waals surface area contributed by atoms with Crippen molar-refractivity contribution in [3.8, 4) is 16.9 Å². The van der Waals surface area contributed by atoms with Gasteiger partial charge in [-0.3, -0.25) is 9.21 Å². The molecule has 1 saturated heterocycles. The molecule has 3 atom stereocenters. The van der Waals surface area contributed by atoms with Crippen molar-refractivity contribution in [2.75, 3.05) is 45.3 Å². The van der Waals surface area contributed by atoms with Gasteiger partial charge in [0, 0.05) is 27.4 Å². The minimum absolute atomic E-state index is 0.00521. The summed E-state index contributed by atoms with van der Waals surface area (Å²) in [5.74, 6) is 0.170. The molecule has 12 heteroatoms. The normalized spacial score (nSPS) is 19.9. The van der Waals surface area contributed by atoms with Gasteiger partial charge in [-0.25, -0.2) is 13.2 Å². The van der Waals surface area contributed by atoms with E-state index in [0.29, 0.717) is 17.9 Å². The number of sulfonamides is 1. The maximum Gasteiger partial charge on any atom is 0.338 e. The van der Waals surface area contributed by atoms with Crippen LogP contribution in [0.15, 0.2) is 132 Å². The van der Waals surface area contributed by atoms with Crippen LogP contribution >= 0.6 is 0 Å². The lowest BCUT2D eigenvalue weighted by atomic mass is 9.80. The largest absolute Gasteiger partial charge is 0.470 e. The Morgan fingerprint density at radius 1 is 0.793 bits per heavy atom. The highest BCUT2D eigenvalue weighted by molar-refractivity contribution is 7.92. The van der Waals surface area contributed by atoms with E-state index in [0.717, 1.165) is 33.9 Å². The molecule has 2 heterocycles. The van der Waals surface area contributed by atoms with Crippen LogP contribution in [0.4, 0.5) is 5.69 Å². The average molecular weight is 817 g/mol. The first kappa shape index (κ1) is 39.6. The molecule has 300 valence electrons. The van der Waals surface area contributed by atoms with Crippen LogP contribution in [-0.2, 0) is 34.5 Å². The van der Waals surface area contributed by atoms with Crippen molar-refractivity contribution in [3.63, 3.8) is 0 Å². The summed E-state index contributed by atoms with van der Waals surface area (Å²) in [5, 5.41) is 0. The van der Waals surface area contributed by atoms with Gasteiger partial charge in [0.2, 0.25) is 0 Å². The predicted octanol–water partition coefficient (Wildman–Crippen LogP) is 8.36. The van der Waals surface area contributed by atoms with Crippen LogP contribution in [0.3, 0.4) is 0 Å². The zero-order valence-corrected chi connectivity index (χ0v) is 35.2. The number of ether oxygens (including phenoxy) is 5. The monoisotopic (exact) mass is 816 g/mol. The van der Waals surface area contributed by atoms with E-state index in [1.54, 1.807) is 42.5 Å². The van der Waals surface area contributed by atoms with Gasteiger partial charge in [-0.05, 0) is 64.2 Å². The second kappa shape index (κ2) is 15.8. The molecule has 0 saturated carbocycles. The predicted molar refractivity (Wildman–Crippen MR) is 227 cm³/mol. The third-order valence-corrected chi connectivity index (χ3v) is 14.6. The van der Waals surface area contributed by atoms with E-state index in [1.807, 2.05) is 24.3 Å². The molecule has 0 N–H and O–H groups in total. The summed E-state index contributed by atoms with van der Waals surface area (Å²) in [5.41, 5.74) is 5.37. The number of carbonyl (C=O) groups excluding carboxylic acids is 1. The minimum Gasteiger partial charge on any atom is -0.470 e. The maximum absolute atomic E-state index is 15.1. The summed E-state index contributed by atoms with van der Waals surface area (Å²) in [6.07, 6.45) is 1.85. The molecule has 10 nitrogen and oxygen atoms in total. The molecule has 0 spiro atoms. The number of esters is 1. The second-order valence-corrected chi connectivity index (χ2v) is 23.4. The first-order chi connectivity index (χ1) is 28.0. The van der Waals surface area contributed by atoms with E-state index < -0.39 is 41.7 Å². The quantitative estimate of drug-likeness (QED) is 0.0360. The zero-order valence-electron chi connectivity index (χ0n) is 33.4. The molecule has 1 unspecified atom stereocenters. The Morgan fingerprint density at radius 2 is 1.41 bits per heavy atom. The van der Waals surface area contributed by atoms with Gasteiger partial charge in [-0.15, -0.1) is 0 Å². The summed E-state index contributed by atoms with van der Waals surface area (Å²) < 4.78 is 61.1. The van der Waals surface area contributed by atoms with Gasteiger partial charge in [0.15, 0.2) is 13.6 Å². The molecule has 1 aliphatic carbocycles. The Balaban J connectivity index is 1.38. The van der Waals surface area contributed by atoms with Crippen LogP contribution in [0.25, 0.3) is 17.2 Å². The maximum atomic E-state index is 15.1. The number of nitrogens with zero attached hydrogens (tertiary/aromatic N) is 2. The highest BCUT2D eigenvalue weighted by Crippen LogP contribution is 2.61. The number of benzene rings is 5. The fraction of sp³-hybridized carbons (Fsp3) is 0.283. The molecule has 5 aromatic carbocycles. The Morgan fingerprint density at radius 3 is 2.03 bits per heavy atom. The third-order valence-electron chi connectivity index (χ3n) is 11.1. The molecule has 1 fully saturated rings. The molecular formula is C46H48N2O8SSi. The van der Waals surface area contributed by atoms with Crippen molar-refractivity contribution in [2.24, 2.45) is 0 Å². The number of fused-ring (bicyclic) bond motifs is 5. The smallest absolute Gasteiger partial charge is 0.338 e. The van der Waals surface area contributed by atoms with Crippen molar-refractivity contribution >= 4 is 35.8 Å². The van der Waals surface area contributed by atoms with Crippen molar-refractivity contribution in [2.45, 2.75) is 48.2 Å². The van der Waals surface area contributed by atoms with Crippen LogP contribution in [0, 0.1) is 0 Å². The van der Waals surface area contributed by atoms with Gasteiger partial charge in [0.1, 0.15) is 11.5 Å². The standard InChI is InChI=1S/C46H48N2O8SSi/c1-52-30-55-42-27-32(45(49)53-2)26-40-37(42)28-43(56-31-54-24-25-58(3,4)5)44-41(29-47(40)57(50,51)34-18-10-7-11-19-34)48(44)46(33-16-8-6-9-17-33)38-22-14-12-20-35(38)36-21-13-15-23-39(36)46/h6-23,26-28,41,44H,24-25,29-31H2,1-5H3/b43-28+/t41-,44-,48?/m0/s1. The molecule has 3 aliphatic rings. The minimum atomic E-state index is -4.24. The number of methoxy groups -OCH3 is 2. The molecule has 0 radical (unpaired) electrons. The summed E-state index contributed by atoms with van der Waals surface area (Å²) in [4.78, 5) is 15.7. The Bertz CT molecular complexity index is 2410. The number of rotatable bonds is 14. The van der Waals surface area contributed by atoms with Crippen LogP contribution in [0.2, 0.25) is 25.7 Å². The van der Waals surface area contributed by atoms with E-state index >= 15 is 8.42 Å². The first-order valence-electron chi connectivity index (χ1n) is 19.4. The van der Waals surface area contributed by atoms with E-state index in [2.05, 4.69) is 85.2 Å². The van der Waals surface area contributed by atoms with Gasteiger partial charge in [-0.2, -0.15) is 0 Å². The summed E-state index contributed by atoms with van der Waals surface area (Å²) in [6.45, 7) is 7.32. The highest BCUT2D eigenvalue weighted by Gasteiger charge is 2.66. The Hall–Kier alpha value is -5.24. The summed E-state index contributed by atoms with van der Waals surface area (Å²) in [7, 11) is -2.84. The molecule has 8 rings (SSSR count). The zero-order chi connectivity index (χ0) is 40.7. The molecule has 0 amide bonds. The SMILES string of the molecule is COCOc1cc(C(=O)OC)cc2c1/C=C(/OCOCC[Si](C)(C)C)[C@@H]1[C@H](CN2S(=O)(=O)c2ccccc2)N1C1(c2ccccc2)c2ccccc2-c2ccccc21. The van der Waals surface area contributed by atoms with Gasteiger partial charge < -0.3 is 23.7 Å². The lowest BCUT2D eigenvalue weighted by Gasteiger charge is -2.36. The first-order valence-corrected chi connectivity index (χ1v) is 24.6. The fourth-order valence-electron chi connectivity index (χ4n) is 8.44. The van der Waals surface area contributed by atoms with Crippen LogP contribution in [-0.4, -0.2) is 80.4 Å². The molecule has 5 aromatic rings. The lowest BCUT2D eigenvalue weighted by molar-refractivity contribution is -0.0206. The fourth-order valence-corrected chi connectivity index (χ4v) is 10.7. The second-order valence-electron chi connectivity index (χ2n) is 15.9. The number of anilines is 1. The van der Waals surface area contributed by atoms with Gasteiger partial charge >= 0.3 is 5.97 Å². The molecule has 2 aliphatic heterocycles. The summed E-state index contributed by atoms with van der Waals surface area (Å²) >= 11 is 0. The average Bonchev–Trinajstić information content (AvgIpc) is 3.85.